The first-order valence-corrected chi connectivity index (χ1v) is 27.0. The van der Waals surface area contributed by atoms with Crippen molar-refractivity contribution < 1.29 is 76.8 Å². The highest BCUT2D eigenvalue weighted by Gasteiger charge is 2.55. The SMILES string of the molecule is CCC(=O)O[C@@H]1CC(=O)O[C@@H](C/C=C/c2cnc3ccccc3c2)CCCN(C)C[C@H](O)[C@H](C)C[C@H](CC=O)[C@H](O[C@@H]2O[C@H](C)[C@@H](O[C@H]3C[C@@](C)(OC(=O)CC)[C@@H](OC(=O)NC(C)C)[C@H](C)O3)[C@H](N(C)C)[C@H]2O)[C@H]1OC. The van der Waals surface area contributed by atoms with Crippen molar-refractivity contribution in [1.82, 2.24) is 20.1 Å². The van der Waals surface area contributed by atoms with Gasteiger partial charge in [-0.2, -0.15) is 0 Å². The third-order valence-electron chi connectivity index (χ3n) is 14.5. The second kappa shape index (κ2) is 29.4. The number of para-hydroxylation sites is 1. The lowest BCUT2D eigenvalue weighted by Gasteiger charge is -2.51. The molecule has 3 aliphatic rings. The van der Waals surface area contributed by atoms with E-state index in [0.717, 1.165) is 22.8 Å². The van der Waals surface area contributed by atoms with Gasteiger partial charge in [-0.1, -0.05) is 51.1 Å². The molecule has 3 aliphatic heterocycles. The van der Waals surface area contributed by atoms with Gasteiger partial charge in [0.25, 0.3) is 0 Å². The summed E-state index contributed by atoms with van der Waals surface area (Å²) in [6.07, 6.45) is -5.70. The fourth-order valence-electron chi connectivity index (χ4n) is 10.5. The minimum Gasteiger partial charge on any atom is -0.462 e. The Morgan fingerprint density at radius 1 is 0.987 bits per heavy atom. The summed E-state index contributed by atoms with van der Waals surface area (Å²) in [5.74, 6) is -2.92. The average molecular weight is 1070 g/mol. The predicted octanol–water partition coefficient (Wildman–Crippen LogP) is 5.75. The summed E-state index contributed by atoms with van der Waals surface area (Å²) in [6, 6.07) is 8.79. The summed E-state index contributed by atoms with van der Waals surface area (Å²) < 4.78 is 56.6. The number of aromatic nitrogens is 1. The number of fused-ring (bicyclic) bond motifs is 1. The monoisotopic (exact) mass is 1070 g/mol. The van der Waals surface area contributed by atoms with Crippen LogP contribution in [0.15, 0.2) is 42.6 Å². The molecule has 5 rings (SSSR count). The predicted molar refractivity (Wildman–Crippen MR) is 281 cm³/mol. The van der Waals surface area contributed by atoms with Crippen molar-refractivity contribution in [2.24, 2.45) is 11.8 Å². The Kier molecular flexibility index (Phi) is 24.0. The van der Waals surface area contributed by atoms with Gasteiger partial charge in [-0.15, -0.1) is 0 Å². The minimum absolute atomic E-state index is 0.0300. The Bertz CT molecular complexity index is 2220. The van der Waals surface area contributed by atoms with Crippen molar-refractivity contribution in [2.45, 2.75) is 204 Å². The molecule has 20 heteroatoms. The van der Waals surface area contributed by atoms with E-state index < -0.39 is 128 Å². The number of cyclic esters (lactones) is 1. The molecule has 0 saturated carbocycles. The molecule has 0 spiro atoms. The van der Waals surface area contributed by atoms with Crippen molar-refractivity contribution in [3.63, 3.8) is 0 Å². The number of carbonyl (C=O) groups excluding carboxylic acids is 5. The number of hydrogen-bond acceptors (Lipinski definition) is 19. The Balaban J connectivity index is 1.45. The van der Waals surface area contributed by atoms with Crippen LogP contribution in [-0.2, 0) is 61.8 Å². The zero-order valence-electron chi connectivity index (χ0n) is 46.7. The Morgan fingerprint density at radius 3 is 2.38 bits per heavy atom. The van der Waals surface area contributed by atoms with Crippen molar-refractivity contribution in [3.05, 3.63) is 48.2 Å². The molecule has 3 fully saturated rings. The molecule has 0 radical (unpaired) electrons. The molecule has 76 heavy (non-hydrogen) atoms. The number of amides is 1. The number of rotatable bonds is 17. The molecule has 0 bridgehead atoms. The average Bonchev–Trinajstić information content (AvgIpc) is 3.35. The number of β-amino-alcohol motifs (C(OH)–C–C–N with tert-alkyl or cyclic N) is 1. The second-order valence-corrected chi connectivity index (χ2v) is 21.4. The van der Waals surface area contributed by atoms with Crippen molar-refractivity contribution in [3.8, 4) is 0 Å². The molecule has 1 amide bonds. The van der Waals surface area contributed by atoms with Gasteiger partial charge in [-0.25, -0.2) is 4.79 Å². The molecule has 3 N–H and O–H groups in total. The van der Waals surface area contributed by atoms with Crippen LogP contribution in [-0.4, -0.2) is 188 Å². The van der Waals surface area contributed by atoms with Gasteiger partial charge in [-0.05, 0) is 111 Å². The molecule has 3 saturated heterocycles. The summed E-state index contributed by atoms with van der Waals surface area (Å²) in [5, 5.41) is 27.8. The van der Waals surface area contributed by atoms with E-state index >= 15 is 0 Å². The van der Waals surface area contributed by atoms with Crippen LogP contribution in [0.2, 0.25) is 0 Å². The van der Waals surface area contributed by atoms with Gasteiger partial charge >= 0.3 is 24.0 Å². The van der Waals surface area contributed by atoms with E-state index in [-0.39, 0.29) is 38.1 Å². The number of aliphatic hydroxyl groups excluding tert-OH is 2. The van der Waals surface area contributed by atoms with Crippen LogP contribution in [0.5, 0.6) is 0 Å². The molecule has 16 atom stereocenters. The molecule has 426 valence electrons. The van der Waals surface area contributed by atoms with Crippen LogP contribution < -0.4 is 5.32 Å². The van der Waals surface area contributed by atoms with Gasteiger partial charge in [-0.3, -0.25) is 19.4 Å². The first-order chi connectivity index (χ1) is 36.1. The molecule has 1 aromatic carbocycles. The van der Waals surface area contributed by atoms with Crippen molar-refractivity contribution in [1.29, 1.82) is 0 Å². The van der Waals surface area contributed by atoms with Gasteiger partial charge in [0.2, 0.25) is 0 Å². The summed E-state index contributed by atoms with van der Waals surface area (Å²) in [4.78, 5) is 74.2. The van der Waals surface area contributed by atoms with Crippen LogP contribution in [0.3, 0.4) is 0 Å². The quantitative estimate of drug-likeness (QED) is 0.0971. The number of likely N-dealkylation sites (N-methyl/N-ethyl adjacent to an activating group) is 2. The lowest BCUT2D eigenvalue weighted by molar-refractivity contribution is -0.344. The number of pyridine rings is 1. The maximum absolute atomic E-state index is 14.2. The first kappa shape index (κ1) is 62.2. The number of ether oxygens (including phenoxy) is 9. The zero-order chi connectivity index (χ0) is 55.9. The molecular weight excluding hydrogens is 985 g/mol. The molecule has 20 nitrogen and oxygen atoms in total. The molecule has 1 aromatic heterocycles. The number of aldehydes is 1. The zero-order valence-corrected chi connectivity index (χ0v) is 46.7. The highest BCUT2D eigenvalue weighted by Crippen LogP contribution is 2.39. The molecule has 4 heterocycles. The maximum atomic E-state index is 14.2. The molecular formula is C56H86N4O16. The largest absolute Gasteiger partial charge is 0.462 e. The van der Waals surface area contributed by atoms with Gasteiger partial charge in [0.15, 0.2) is 24.3 Å². The second-order valence-electron chi connectivity index (χ2n) is 21.4. The number of alkyl carbamates (subject to hydrolysis) is 1. The number of methoxy groups -OCH3 is 1. The summed E-state index contributed by atoms with van der Waals surface area (Å²) in [5.41, 5.74) is 0.376. The summed E-state index contributed by atoms with van der Waals surface area (Å²) in [6.45, 7) is 14.7. The number of aliphatic hydroxyl groups is 2. The third-order valence-corrected chi connectivity index (χ3v) is 14.5. The van der Waals surface area contributed by atoms with Crippen molar-refractivity contribution in [2.75, 3.05) is 41.3 Å². The number of nitrogens with zero attached hydrogens (tertiary/aromatic N) is 3. The van der Waals surface area contributed by atoms with E-state index in [9.17, 15) is 34.2 Å². The summed E-state index contributed by atoms with van der Waals surface area (Å²) >= 11 is 0. The molecule has 0 aliphatic carbocycles. The van der Waals surface area contributed by atoms with Crippen LogP contribution in [0.25, 0.3) is 17.0 Å². The topological polar surface area (TPSA) is 240 Å². The van der Waals surface area contributed by atoms with E-state index in [2.05, 4.69) is 10.3 Å². The van der Waals surface area contributed by atoms with E-state index in [4.69, 9.17) is 42.6 Å². The number of benzene rings is 1. The first-order valence-electron chi connectivity index (χ1n) is 27.0. The summed E-state index contributed by atoms with van der Waals surface area (Å²) in [7, 11) is 6.80. The van der Waals surface area contributed by atoms with E-state index in [1.165, 1.54) is 7.11 Å². The Hall–Kier alpha value is -4.64. The lowest BCUT2D eigenvalue weighted by Crippen LogP contribution is -2.66. The highest BCUT2D eigenvalue weighted by atomic mass is 16.7. The van der Waals surface area contributed by atoms with Crippen LogP contribution in [0, 0.1) is 11.8 Å². The van der Waals surface area contributed by atoms with Crippen LogP contribution >= 0.6 is 0 Å². The number of nitrogens with one attached hydrogen (secondary N) is 1. The van der Waals surface area contributed by atoms with Crippen LogP contribution in [0.4, 0.5) is 4.79 Å². The fraction of sp³-hybridized carbons (Fsp3) is 0.714. The smallest absolute Gasteiger partial charge is 0.407 e. The van der Waals surface area contributed by atoms with Crippen LogP contribution in [0.1, 0.15) is 119 Å². The Morgan fingerprint density at radius 2 is 1.71 bits per heavy atom. The van der Waals surface area contributed by atoms with E-state index in [0.29, 0.717) is 32.4 Å². The molecule has 0 unspecified atom stereocenters. The highest BCUT2D eigenvalue weighted by molar-refractivity contribution is 5.80. The van der Waals surface area contributed by atoms with Gasteiger partial charge in [0, 0.05) is 63.4 Å². The van der Waals surface area contributed by atoms with Gasteiger partial charge < -0.3 is 72.8 Å². The minimum atomic E-state index is -1.45. The Labute approximate surface area is 448 Å². The van der Waals surface area contributed by atoms with Crippen molar-refractivity contribution >= 4 is 47.3 Å². The lowest BCUT2D eigenvalue weighted by atomic mass is 9.82. The maximum Gasteiger partial charge on any atom is 0.407 e. The normalized spacial score (nSPS) is 33.7. The standard InChI is InChI=1S/C56H86N4O16/c1-13-44(63)72-43-29-46(65)71-40(21-17-19-37-28-38-20-15-16-23-41(38)57-31-37)22-18-25-60(11)32-42(62)34(5)27-39(24-26-61)51(52(43)68-12)74-54-49(66)48(59(9)10)50(35(6)70-54)73-47-30-56(8,76-45(64)14-2)53(36(7)69-47)75-55(67)58-33(3)4/h15-17,19-20,23,26,28,31,33-36,39-40,42-43,47-54,62,66H,13-14,18,21-22,24-25,27,29-30,32H2,1-12H3,(H,58,67)/b19-17+/t34-,35-,36+,39+,40+,42+,43-,47+,48-,49-,50-,51+,52+,53+,54+,56-/m1/s1. The van der Waals surface area contributed by atoms with Gasteiger partial charge in [0.1, 0.15) is 36.8 Å². The number of esters is 3. The molecule has 2 aromatic rings. The van der Waals surface area contributed by atoms with E-state index in [1.807, 2.05) is 61.4 Å². The fourth-order valence-corrected chi connectivity index (χ4v) is 10.5. The third kappa shape index (κ3) is 17.4. The number of hydrogen-bond donors (Lipinski definition) is 3. The number of carbonyl (C=O) groups is 5. The van der Waals surface area contributed by atoms with Gasteiger partial charge in [0.05, 0.1) is 42.4 Å². The van der Waals surface area contributed by atoms with E-state index in [1.54, 1.807) is 73.7 Å².